The lowest BCUT2D eigenvalue weighted by Gasteiger charge is -2.03. The summed E-state index contributed by atoms with van der Waals surface area (Å²) in [5.41, 5.74) is -0.617. The van der Waals surface area contributed by atoms with Crippen molar-refractivity contribution in [3.05, 3.63) is 31.8 Å². The average molecular weight is 261 g/mol. The third-order valence-electron chi connectivity index (χ3n) is 2.07. The van der Waals surface area contributed by atoms with Crippen molar-refractivity contribution in [1.29, 1.82) is 0 Å². The van der Waals surface area contributed by atoms with Gasteiger partial charge >= 0.3 is 0 Å². The summed E-state index contributed by atoms with van der Waals surface area (Å²) in [7, 11) is 0. The number of nitrogens with one attached hydrogen (secondary N) is 1. The van der Waals surface area contributed by atoms with Gasteiger partial charge in [-0.3, -0.25) is 19.7 Å². The first-order chi connectivity index (χ1) is 7.43. The van der Waals surface area contributed by atoms with Crippen LogP contribution in [-0.2, 0) is 4.79 Å². The minimum Gasteiger partial charge on any atom is -0.317 e. The number of ketones is 1. The highest BCUT2D eigenvalue weighted by atomic mass is 35.5. The Balaban J connectivity index is 2.76. The molecule has 0 bridgehead atoms. The maximum Gasteiger partial charge on any atom is 0.296 e. The van der Waals surface area contributed by atoms with E-state index in [0.717, 1.165) is 6.07 Å². The number of halogens is 2. The van der Waals surface area contributed by atoms with Gasteiger partial charge in [0.1, 0.15) is 5.02 Å². The Morgan fingerprint density at radius 2 is 1.88 bits per heavy atom. The number of nitro benzene ring substituents is 1. The standard InChI is InChI=1S/C8H2Cl2N2O4/c9-4-3(12(15)16)1-2-6(5(4)10)11-8(14)7(2)13/h1H,(H,11,13,14). The number of benzene rings is 1. The van der Waals surface area contributed by atoms with Crippen LogP contribution in [0.1, 0.15) is 10.4 Å². The van der Waals surface area contributed by atoms with Crippen LogP contribution in [0.5, 0.6) is 0 Å². The molecule has 2 rings (SSSR count). The molecule has 1 N–H and O–H groups in total. The molecule has 0 saturated heterocycles. The molecule has 1 aliphatic rings. The van der Waals surface area contributed by atoms with E-state index in [2.05, 4.69) is 5.32 Å². The number of amides is 1. The molecule has 1 aromatic carbocycles. The van der Waals surface area contributed by atoms with Crippen LogP contribution in [0.15, 0.2) is 6.07 Å². The van der Waals surface area contributed by atoms with E-state index in [1.165, 1.54) is 0 Å². The van der Waals surface area contributed by atoms with E-state index in [1.807, 2.05) is 0 Å². The lowest BCUT2D eigenvalue weighted by atomic mass is 10.1. The first-order valence-electron chi connectivity index (χ1n) is 3.95. The van der Waals surface area contributed by atoms with Gasteiger partial charge in [-0.25, -0.2) is 0 Å². The summed E-state index contributed by atoms with van der Waals surface area (Å²) in [4.78, 5) is 32.2. The lowest BCUT2D eigenvalue weighted by molar-refractivity contribution is -0.384. The smallest absolute Gasteiger partial charge is 0.296 e. The molecule has 0 aliphatic carbocycles. The van der Waals surface area contributed by atoms with Crippen molar-refractivity contribution in [2.75, 3.05) is 5.32 Å². The SMILES string of the molecule is O=C1Nc2c(cc([N+](=O)[O-])c(Cl)c2Cl)C1=O. The molecule has 0 fully saturated rings. The van der Waals surface area contributed by atoms with Gasteiger partial charge in [-0.1, -0.05) is 23.2 Å². The zero-order chi connectivity index (χ0) is 12.0. The van der Waals surface area contributed by atoms with Gasteiger partial charge < -0.3 is 5.32 Å². The van der Waals surface area contributed by atoms with E-state index in [0.29, 0.717) is 0 Å². The molecule has 0 unspecified atom stereocenters. The summed E-state index contributed by atoms with van der Waals surface area (Å²) < 4.78 is 0. The summed E-state index contributed by atoms with van der Waals surface area (Å²) in [6, 6.07) is 0.934. The molecule has 1 amide bonds. The highest BCUT2D eigenvalue weighted by Crippen LogP contribution is 2.42. The Morgan fingerprint density at radius 3 is 2.44 bits per heavy atom. The number of fused-ring (bicyclic) bond motifs is 1. The first kappa shape index (κ1) is 10.8. The fraction of sp³-hybridized carbons (Fsp3) is 0. The maximum absolute atomic E-state index is 11.3. The van der Waals surface area contributed by atoms with Gasteiger partial charge in [-0.05, 0) is 0 Å². The molecule has 0 aromatic heterocycles. The number of nitro groups is 1. The van der Waals surface area contributed by atoms with Crippen LogP contribution in [0.4, 0.5) is 11.4 Å². The molecule has 1 aromatic rings. The van der Waals surface area contributed by atoms with Crippen LogP contribution in [-0.4, -0.2) is 16.6 Å². The van der Waals surface area contributed by atoms with Crippen molar-refractivity contribution in [2.24, 2.45) is 0 Å². The molecule has 0 spiro atoms. The quantitative estimate of drug-likeness (QED) is 0.475. The molecule has 6 nitrogen and oxygen atoms in total. The van der Waals surface area contributed by atoms with Crippen molar-refractivity contribution in [2.45, 2.75) is 0 Å². The third-order valence-corrected chi connectivity index (χ3v) is 2.93. The van der Waals surface area contributed by atoms with Crippen molar-refractivity contribution in [3.8, 4) is 0 Å². The van der Waals surface area contributed by atoms with Crippen molar-refractivity contribution in [1.82, 2.24) is 0 Å². The van der Waals surface area contributed by atoms with E-state index >= 15 is 0 Å². The Bertz CT molecular complexity index is 555. The molecule has 0 radical (unpaired) electrons. The van der Waals surface area contributed by atoms with Crippen molar-refractivity contribution >= 4 is 46.3 Å². The molecule has 8 heteroatoms. The fourth-order valence-corrected chi connectivity index (χ4v) is 1.80. The summed E-state index contributed by atoms with van der Waals surface area (Å²) in [6.07, 6.45) is 0. The van der Waals surface area contributed by atoms with Gasteiger partial charge in [0, 0.05) is 6.07 Å². The molecule has 1 heterocycles. The van der Waals surface area contributed by atoms with E-state index in [1.54, 1.807) is 0 Å². The summed E-state index contributed by atoms with van der Waals surface area (Å²) in [6.45, 7) is 0. The average Bonchev–Trinajstić information content (AvgIpc) is 2.50. The number of Topliss-reactive ketones (excluding diaryl/α,β-unsaturated/α-hetero) is 1. The molecule has 0 saturated carbocycles. The minimum atomic E-state index is -0.881. The van der Waals surface area contributed by atoms with Gasteiger partial charge in [0.05, 0.1) is 21.2 Å². The highest BCUT2D eigenvalue weighted by molar-refractivity contribution is 6.55. The predicted molar refractivity (Wildman–Crippen MR) is 56.1 cm³/mol. The topological polar surface area (TPSA) is 89.3 Å². The number of nitrogens with zero attached hydrogens (tertiary/aromatic N) is 1. The number of anilines is 1. The monoisotopic (exact) mass is 260 g/mol. The van der Waals surface area contributed by atoms with Crippen molar-refractivity contribution < 1.29 is 14.5 Å². The van der Waals surface area contributed by atoms with Crippen LogP contribution in [0, 0.1) is 10.1 Å². The van der Waals surface area contributed by atoms with E-state index < -0.39 is 22.3 Å². The van der Waals surface area contributed by atoms with Gasteiger partial charge in [0.15, 0.2) is 0 Å². The van der Waals surface area contributed by atoms with Crippen LogP contribution in [0.3, 0.4) is 0 Å². The van der Waals surface area contributed by atoms with Gasteiger partial charge in [0.25, 0.3) is 17.4 Å². The lowest BCUT2D eigenvalue weighted by Crippen LogP contribution is -2.12. The number of carbonyl (C=O) groups excluding carboxylic acids is 2. The largest absolute Gasteiger partial charge is 0.317 e. The summed E-state index contributed by atoms with van der Waals surface area (Å²) >= 11 is 11.3. The molecule has 1 aliphatic heterocycles. The van der Waals surface area contributed by atoms with E-state index in [-0.39, 0.29) is 21.3 Å². The molecule has 16 heavy (non-hydrogen) atoms. The zero-order valence-corrected chi connectivity index (χ0v) is 8.93. The van der Waals surface area contributed by atoms with Crippen LogP contribution >= 0.6 is 23.2 Å². The summed E-state index contributed by atoms with van der Waals surface area (Å²) in [5, 5.41) is 12.3. The second kappa shape index (κ2) is 3.43. The van der Waals surface area contributed by atoms with Crippen LogP contribution in [0.25, 0.3) is 0 Å². The van der Waals surface area contributed by atoms with Gasteiger partial charge in [-0.2, -0.15) is 0 Å². The Hall–Kier alpha value is -1.66. The highest BCUT2D eigenvalue weighted by Gasteiger charge is 2.34. The molecular weight excluding hydrogens is 259 g/mol. The Morgan fingerprint density at radius 1 is 1.25 bits per heavy atom. The Kier molecular flexibility index (Phi) is 2.32. The second-order valence-corrected chi connectivity index (χ2v) is 3.74. The number of rotatable bonds is 1. The fourth-order valence-electron chi connectivity index (χ4n) is 1.34. The zero-order valence-electron chi connectivity index (χ0n) is 7.41. The van der Waals surface area contributed by atoms with Crippen LogP contribution in [0.2, 0.25) is 10.0 Å². The molecular formula is C8H2Cl2N2O4. The number of carbonyl (C=O) groups is 2. The predicted octanol–water partition coefficient (Wildman–Crippen LogP) is 2.04. The molecule has 0 atom stereocenters. The van der Waals surface area contributed by atoms with Gasteiger partial charge in [0.2, 0.25) is 0 Å². The van der Waals surface area contributed by atoms with E-state index in [4.69, 9.17) is 23.2 Å². The van der Waals surface area contributed by atoms with E-state index in [9.17, 15) is 19.7 Å². The normalized spacial score (nSPS) is 13.6. The van der Waals surface area contributed by atoms with Crippen molar-refractivity contribution in [3.63, 3.8) is 0 Å². The second-order valence-electron chi connectivity index (χ2n) is 2.99. The van der Waals surface area contributed by atoms with Crippen LogP contribution < -0.4 is 5.32 Å². The minimum absolute atomic E-state index is 0.0206. The van der Waals surface area contributed by atoms with Gasteiger partial charge in [-0.15, -0.1) is 0 Å². The third kappa shape index (κ3) is 1.35. The first-order valence-corrected chi connectivity index (χ1v) is 4.71. The maximum atomic E-state index is 11.3. The molecule has 82 valence electrons. The number of hydrogen-bond acceptors (Lipinski definition) is 4. The number of hydrogen-bond donors (Lipinski definition) is 1. The Labute approximate surface area is 98.3 Å². The summed E-state index contributed by atoms with van der Waals surface area (Å²) in [5.74, 6) is -1.75.